The van der Waals surface area contributed by atoms with E-state index in [2.05, 4.69) is 10.5 Å². The van der Waals surface area contributed by atoms with Crippen molar-refractivity contribution >= 4 is 17.2 Å². The summed E-state index contributed by atoms with van der Waals surface area (Å²) in [6.45, 7) is 2.04. The second-order valence-corrected chi connectivity index (χ2v) is 5.38. The Kier molecular flexibility index (Phi) is 3.82. The molecule has 0 unspecified atom stereocenters. The Hall–Kier alpha value is -2.42. The molecule has 0 heterocycles. The Balaban J connectivity index is 1.83. The Morgan fingerprint density at radius 2 is 1.76 bits per heavy atom. The monoisotopic (exact) mass is 278 g/mol. The number of Topliss-reactive ketones (excluding diaryl/α,β-unsaturated/α-hetero) is 1. The van der Waals surface area contributed by atoms with Crippen LogP contribution in [0.4, 0.5) is 5.69 Å². The predicted octanol–water partition coefficient (Wildman–Crippen LogP) is 3.98. The Bertz CT molecular complexity index is 687. The molecular weight excluding hydrogens is 260 g/mol. The van der Waals surface area contributed by atoms with Gasteiger partial charge in [0.2, 0.25) is 5.78 Å². The average Bonchev–Trinajstić information content (AvgIpc) is 2.67. The van der Waals surface area contributed by atoms with Gasteiger partial charge in [0.05, 0.1) is 5.69 Å². The molecule has 2 aromatic carbocycles. The van der Waals surface area contributed by atoms with E-state index in [1.165, 1.54) is 5.56 Å². The van der Waals surface area contributed by atoms with Crippen molar-refractivity contribution in [3.63, 3.8) is 0 Å². The molecule has 106 valence electrons. The minimum Gasteiger partial charge on any atom is -0.287 e. The van der Waals surface area contributed by atoms with Crippen LogP contribution in [0.3, 0.4) is 0 Å². The number of anilines is 1. The summed E-state index contributed by atoms with van der Waals surface area (Å²) in [5.74, 6) is 0.0442. The van der Waals surface area contributed by atoms with Crippen molar-refractivity contribution in [3.05, 3.63) is 65.2 Å². The zero-order chi connectivity index (χ0) is 14.7. The fourth-order valence-electron chi connectivity index (χ4n) is 2.54. The lowest BCUT2D eigenvalue weighted by molar-refractivity contribution is 0.106. The van der Waals surface area contributed by atoms with Crippen molar-refractivity contribution in [3.8, 4) is 0 Å². The SMILES string of the molecule is Cc1ccc(N/N=C2\CCCc3ccccc3C2=O)cc1. The number of benzene rings is 2. The van der Waals surface area contributed by atoms with E-state index >= 15 is 0 Å². The van der Waals surface area contributed by atoms with Gasteiger partial charge in [0.25, 0.3) is 0 Å². The molecule has 0 spiro atoms. The van der Waals surface area contributed by atoms with E-state index in [4.69, 9.17) is 0 Å². The van der Waals surface area contributed by atoms with Gasteiger partial charge < -0.3 is 0 Å². The normalized spacial score (nSPS) is 16.4. The van der Waals surface area contributed by atoms with Gasteiger partial charge >= 0.3 is 0 Å². The standard InChI is InChI=1S/C18H18N2O/c1-13-9-11-15(12-10-13)19-20-17-8-4-6-14-5-2-3-7-16(14)18(17)21/h2-3,5,7,9-12,19H,4,6,8H2,1H3/b20-17+. The lowest BCUT2D eigenvalue weighted by atomic mass is 10.0. The zero-order valence-electron chi connectivity index (χ0n) is 12.1. The molecule has 0 aromatic heterocycles. The van der Waals surface area contributed by atoms with Crippen molar-refractivity contribution in [1.29, 1.82) is 0 Å². The Morgan fingerprint density at radius 1 is 1.00 bits per heavy atom. The first-order valence-corrected chi connectivity index (χ1v) is 7.26. The maximum absolute atomic E-state index is 12.5. The molecule has 21 heavy (non-hydrogen) atoms. The summed E-state index contributed by atoms with van der Waals surface area (Å²) in [7, 11) is 0. The van der Waals surface area contributed by atoms with Gasteiger partial charge in [0.15, 0.2) is 0 Å². The first kappa shape index (κ1) is 13.6. The summed E-state index contributed by atoms with van der Waals surface area (Å²) >= 11 is 0. The summed E-state index contributed by atoms with van der Waals surface area (Å²) in [6.07, 6.45) is 2.61. The number of hydrogen-bond acceptors (Lipinski definition) is 3. The highest BCUT2D eigenvalue weighted by Gasteiger charge is 2.20. The smallest absolute Gasteiger partial charge is 0.209 e. The van der Waals surface area contributed by atoms with Gasteiger partial charge in [0.1, 0.15) is 5.71 Å². The molecule has 0 atom stereocenters. The molecule has 0 amide bonds. The second-order valence-electron chi connectivity index (χ2n) is 5.38. The molecule has 0 aliphatic heterocycles. The molecule has 1 aliphatic rings. The van der Waals surface area contributed by atoms with Gasteiger partial charge in [-0.3, -0.25) is 10.2 Å². The van der Waals surface area contributed by atoms with E-state index in [-0.39, 0.29) is 5.78 Å². The van der Waals surface area contributed by atoms with Crippen LogP contribution in [0.5, 0.6) is 0 Å². The van der Waals surface area contributed by atoms with Crippen LogP contribution in [0.2, 0.25) is 0 Å². The molecule has 1 aliphatic carbocycles. The molecule has 2 aromatic rings. The van der Waals surface area contributed by atoms with Gasteiger partial charge in [0, 0.05) is 5.56 Å². The van der Waals surface area contributed by atoms with Crippen molar-refractivity contribution in [2.24, 2.45) is 5.10 Å². The number of carbonyl (C=O) groups excluding carboxylic acids is 1. The Morgan fingerprint density at radius 3 is 2.57 bits per heavy atom. The molecule has 3 heteroatoms. The fraction of sp³-hybridized carbons (Fsp3) is 0.222. The van der Waals surface area contributed by atoms with Crippen LogP contribution in [-0.4, -0.2) is 11.5 Å². The van der Waals surface area contributed by atoms with Crippen molar-refractivity contribution < 1.29 is 4.79 Å². The predicted molar refractivity (Wildman–Crippen MR) is 85.9 cm³/mol. The van der Waals surface area contributed by atoms with E-state index in [9.17, 15) is 4.79 Å². The summed E-state index contributed by atoms with van der Waals surface area (Å²) < 4.78 is 0. The number of aryl methyl sites for hydroxylation is 2. The van der Waals surface area contributed by atoms with E-state index < -0.39 is 0 Å². The van der Waals surface area contributed by atoms with E-state index in [1.807, 2.05) is 55.5 Å². The van der Waals surface area contributed by atoms with Crippen LogP contribution in [0.15, 0.2) is 53.6 Å². The summed E-state index contributed by atoms with van der Waals surface area (Å²) in [6, 6.07) is 15.8. The highest BCUT2D eigenvalue weighted by molar-refractivity contribution is 6.46. The number of ketones is 1. The van der Waals surface area contributed by atoms with Gasteiger partial charge in [-0.05, 0) is 43.9 Å². The van der Waals surface area contributed by atoms with Gasteiger partial charge in [-0.1, -0.05) is 42.0 Å². The third kappa shape index (κ3) is 3.02. The average molecular weight is 278 g/mol. The first-order chi connectivity index (χ1) is 10.2. The molecule has 0 saturated carbocycles. The van der Waals surface area contributed by atoms with E-state index in [0.29, 0.717) is 12.1 Å². The van der Waals surface area contributed by atoms with Crippen LogP contribution in [0.25, 0.3) is 0 Å². The van der Waals surface area contributed by atoms with E-state index in [1.54, 1.807) is 0 Å². The number of rotatable bonds is 2. The number of nitrogens with zero attached hydrogens (tertiary/aromatic N) is 1. The molecule has 0 fully saturated rings. The zero-order valence-corrected chi connectivity index (χ0v) is 12.1. The van der Waals surface area contributed by atoms with Gasteiger partial charge in [-0.2, -0.15) is 5.10 Å². The van der Waals surface area contributed by atoms with E-state index in [0.717, 1.165) is 29.7 Å². The molecule has 1 N–H and O–H groups in total. The lowest BCUT2D eigenvalue weighted by Crippen LogP contribution is -2.15. The van der Waals surface area contributed by atoms with Gasteiger partial charge in [-0.25, -0.2) is 0 Å². The molecule has 0 saturated heterocycles. The summed E-state index contributed by atoms with van der Waals surface area (Å²) in [5, 5.41) is 4.34. The number of carbonyl (C=O) groups is 1. The largest absolute Gasteiger partial charge is 0.287 e. The minimum atomic E-state index is 0.0442. The third-order valence-electron chi connectivity index (χ3n) is 3.76. The maximum atomic E-state index is 12.5. The third-order valence-corrected chi connectivity index (χ3v) is 3.76. The van der Waals surface area contributed by atoms with Crippen LogP contribution < -0.4 is 5.43 Å². The topological polar surface area (TPSA) is 41.5 Å². The Labute approximate surface area is 124 Å². The lowest BCUT2D eigenvalue weighted by Gasteiger charge is -2.05. The quantitative estimate of drug-likeness (QED) is 0.667. The van der Waals surface area contributed by atoms with Crippen LogP contribution in [-0.2, 0) is 6.42 Å². The van der Waals surface area contributed by atoms with Crippen LogP contribution in [0.1, 0.15) is 34.3 Å². The fourth-order valence-corrected chi connectivity index (χ4v) is 2.54. The molecule has 0 radical (unpaired) electrons. The minimum absolute atomic E-state index is 0.0442. The number of fused-ring (bicyclic) bond motifs is 1. The van der Waals surface area contributed by atoms with Gasteiger partial charge in [-0.15, -0.1) is 0 Å². The molecule has 0 bridgehead atoms. The first-order valence-electron chi connectivity index (χ1n) is 7.26. The molecule has 3 nitrogen and oxygen atoms in total. The maximum Gasteiger partial charge on any atom is 0.209 e. The van der Waals surface area contributed by atoms with Crippen molar-refractivity contribution in [1.82, 2.24) is 0 Å². The summed E-state index contributed by atoms with van der Waals surface area (Å²) in [5.41, 5.74) is 7.63. The number of hydrazone groups is 1. The number of nitrogens with one attached hydrogen (secondary N) is 1. The van der Waals surface area contributed by atoms with Crippen molar-refractivity contribution in [2.75, 3.05) is 5.43 Å². The highest BCUT2D eigenvalue weighted by atomic mass is 16.1. The molecular formula is C18H18N2O. The van der Waals surface area contributed by atoms with Crippen LogP contribution in [0, 0.1) is 6.92 Å². The summed E-state index contributed by atoms with van der Waals surface area (Å²) in [4.78, 5) is 12.5. The van der Waals surface area contributed by atoms with Crippen molar-refractivity contribution in [2.45, 2.75) is 26.2 Å². The molecule has 3 rings (SSSR count). The van der Waals surface area contributed by atoms with Crippen LogP contribution >= 0.6 is 0 Å². The highest BCUT2D eigenvalue weighted by Crippen LogP contribution is 2.19. The number of hydrogen-bond donors (Lipinski definition) is 1. The second kappa shape index (κ2) is 5.92.